The quantitative estimate of drug-likeness (QED) is 0.242. The van der Waals surface area contributed by atoms with Crippen molar-refractivity contribution in [2.45, 2.75) is 12.5 Å². The zero-order chi connectivity index (χ0) is 23.0. The van der Waals surface area contributed by atoms with Gasteiger partial charge in [-0.15, -0.1) is 0 Å². The largest absolute Gasteiger partial charge is 0.508 e. The smallest absolute Gasteiger partial charge is 0.320 e. The van der Waals surface area contributed by atoms with E-state index in [1.807, 2.05) is 6.08 Å². The highest BCUT2D eigenvalue weighted by atomic mass is 16.4. The summed E-state index contributed by atoms with van der Waals surface area (Å²) < 4.78 is 0. The molecule has 0 amide bonds. The molecule has 31 heavy (non-hydrogen) atoms. The molecule has 0 spiro atoms. The second kappa shape index (κ2) is 10.6. The van der Waals surface area contributed by atoms with Gasteiger partial charge in [0.15, 0.2) is 11.5 Å². The monoisotopic (exact) mass is 425 g/mol. The van der Waals surface area contributed by atoms with Crippen molar-refractivity contribution in [2.75, 3.05) is 0 Å². The Hall–Kier alpha value is -4.17. The molecular formula is C23H23NO7. The molecule has 0 aliphatic heterocycles. The lowest BCUT2D eigenvalue weighted by Crippen LogP contribution is -2.32. The van der Waals surface area contributed by atoms with E-state index in [0.29, 0.717) is 11.1 Å². The Labute approximate surface area is 178 Å². The van der Waals surface area contributed by atoms with Crippen LogP contribution in [-0.2, 0) is 11.2 Å². The number of phenolic OH excluding ortho intramolecular Hbond substituents is 5. The molecule has 3 rings (SSSR count). The van der Waals surface area contributed by atoms with Gasteiger partial charge in [-0.3, -0.25) is 4.79 Å². The van der Waals surface area contributed by atoms with Crippen LogP contribution in [-0.4, -0.2) is 42.7 Å². The first-order valence-corrected chi connectivity index (χ1v) is 9.13. The molecule has 0 aromatic heterocycles. The number of phenols is 5. The van der Waals surface area contributed by atoms with Crippen molar-refractivity contribution in [1.29, 1.82) is 0 Å². The fourth-order valence-electron chi connectivity index (χ4n) is 2.53. The topological polar surface area (TPSA) is 164 Å². The Morgan fingerprint density at radius 2 is 1.32 bits per heavy atom. The highest BCUT2D eigenvalue weighted by molar-refractivity contribution is 5.73. The van der Waals surface area contributed by atoms with Crippen LogP contribution >= 0.6 is 0 Å². The number of benzene rings is 3. The summed E-state index contributed by atoms with van der Waals surface area (Å²) in [4.78, 5) is 10.4. The molecule has 3 aromatic carbocycles. The van der Waals surface area contributed by atoms with E-state index in [-0.39, 0.29) is 35.2 Å². The zero-order valence-corrected chi connectivity index (χ0v) is 16.4. The van der Waals surface area contributed by atoms with E-state index in [9.17, 15) is 15.0 Å². The van der Waals surface area contributed by atoms with Crippen molar-refractivity contribution in [2.24, 2.45) is 5.73 Å². The molecule has 1 atom stereocenters. The van der Waals surface area contributed by atoms with Crippen molar-refractivity contribution < 1.29 is 35.4 Å². The third kappa shape index (κ3) is 7.64. The van der Waals surface area contributed by atoms with Crippen molar-refractivity contribution in [3.05, 3.63) is 77.4 Å². The summed E-state index contributed by atoms with van der Waals surface area (Å²) in [5, 5.41) is 54.4. The molecule has 0 aliphatic rings. The molecule has 0 unspecified atom stereocenters. The maximum atomic E-state index is 10.4. The van der Waals surface area contributed by atoms with E-state index in [4.69, 9.17) is 26.2 Å². The van der Waals surface area contributed by atoms with E-state index in [1.54, 1.807) is 42.5 Å². The maximum absolute atomic E-state index is 10.4. The van der Waals surface area contributed by atoms with Gasteiger partial charge in [0.05, 0.1) is 0 Å². The van der Waals surface area contributed by atoms with E-state index in [0.717, 1.165) is 5.56 Å². The highest BCUT2D eigenvalue weighted by Crippen LogP contribution is 2.25. The van der Waals surface area contributed by atoms with Gasteiger partial charge in [0.1, 0.15) is 23.3 Å². The van der Waals surface area contributed by atoms with Crippen molar-refractivity contribution >= 4 is 18.1 Å². The Balaban J connectivity index is 0.000000225. The second-order valence-corrected chi connectivity index (χ2v) is 6.68. The highest BCUT2D eigenvalue weighted by Gasteiger charge is 2.12. The lowest BCUT2D eigenvalue weighted by Gasteiger charge is -2.06. The summed E-state index contributed by atoms with van der Waals surface area (Å²) >= 11 is 0. The average molecular weight is 425 g/mol. The minimum Gasteiger partial charge on any atom is -0.508 e. The lowest BCUT2D eigenvalue weighted by atomic mass is 10.1. The van der Waals surface area contributed by atoms with Gasteiger partial charge in [-0.1, -0.05) is 30.4 Å². The van der Waals surface area contributed by atoms with Gasteiger partial charge in [0.25, 0.3) is 0 Å². The fraction of sp³-hybridized carbons (Fsp3) is 0.0870. The van der Waals surface area contributed by atoms with Crippen LogP contribution in [0.5, 0.6) is 28.7 Å². The molecule has 0 fully saturated rings. The molecular weight excluding hydrogens is 402 g/mol. The van der Waals surface area contributed by atoms with E-state index < -0.39 is 12.0 Å². The second-order valence-electron chi connectivity index (χ2n) is 6.68. The van der Waals surface area contributed by atoms with Gasteiger partial charge in [0, 0.05) is 6.07 Å². The van der Waals surface area contributed by atoms with Crippen LogP contribution in [0.3, 0.4) is 0 Å². The van der Waals surface area contributed by atoms with Crippen LogP contribution in [0.1, 0.15) is 16.7 Å². The van der Waals surface area contributed by atoms with Crippen LogP contribution in [0.25, 0.3) is 12.2 Å². The number of hydrogen-bond acceptors (Lipinski definition) is 7. The zero-order valence-electron chi connectivity index (χ0n) is 16.4. The summed E-state index contributed by atoms with van der Waals surface area (Å²) in [6.07, 6.45) is 3.71. The number of nitrogens with two attached hydrogens (primary N) is 1. The average Bonchev–Trinajstić information content (AvgIpc) is 2.70. The van der Waals surface area contributed by atoms with Gasteiger partial charge < -0.3 is 36.4 Å². The number of carbonyl (C=O) groups is 1. The molecule has 0 aliphatic carbocycles. The third-order valence-electron chi connectivity index (χ3n) is 4.10. The Kier molecular flexibility index (Phi) is 7.87. The predicted octanol–water partition coefficient (Wildman–Crippen LogP) is 3.03. The standard InChI is InChI=1S/C14H12O3.C9H11NO4/c15-12-5-3-10(4-6-12)1-2-11-7-13(16)9-14(17)8-11;10-6(9(13)14)3-5-1-2-7(11)8(12)4-5/h1-9,15-17H;1-2,4,6,11-12H,3,10H2,(H,13,14)/b2-1+;/t;6-/m.0/s1. The normalized spacial score (nSPS) is 11.5. The van der Waals surface area contributed by atoms with E-state index >= 15 is 0 Å². The minimum atomic E-state index is -1.10. The summed E-state index contributed by atoms with van der Waals surface area (Å²) in [7, 11) is 0. The van der Waals surface area contributed by atoms with Gasteiger partial charge >= 0.3 is 5.97 Å². The Morgan fingerprint density at radius 3 is 1.87 bits per heavy atom. The van der Waals surface area contributed by atoms with Crippen LogP contribution in [0, 0.1) is 0 Å². The minimum absolute atomic E-state index is 0.0235. The molecule has 0 bridgehead atoms. The Morgan fingerprint density at radius 1 is 0.742 bits per heavy atom. The molecule has 3 aromatic rings. The third-order valence-corrected chi connectivity index (χ3v) is 4.10. The number of carboxylic acid groups (broad SMARTS) is 1. The van der Waals surface area contributed by atoms with Crippen LogP contribution in [0.2, 0.25) is 0 Å². The summed E-state index contributed by atoms with van der Waals surface area (Å²) in [6.45, 7) is 0. The summed E-state index contributed by atoms with van der Waals surface area (Å²) in [5.74, 6) is -1.35. The van der Waals surface area contributed by atoms with Crippen molar-refractivity contribution in [3.8, 4) is 28.7 Å². The molecule has 0 radical (unpaired) electrons. The van der Waals surface area contributed by atoms with Crippen molar-refractivity contribution in [1.82, 2.24) is 0 Å². The molecule has 8 heteroatoms. The molecule has 8 nitrogen and oxygen atoms in total. The van der Waals surface area contributed by atoms with Gasteiger partial charge in [-0.25, -0.2) is 0 Å². The number of carboxylic acids is 1. The lowest BCUT2D eigenvalue weighted by molar-refractivity contribution is -0.138. The molecule has 0 saturated carbocycles. The maximum Gasteiger partial charge on any atom is 0.320 e. The number of rotatable bonds is 5. The summed E-state index contributed by atoms with van der Waals surface area (Å²) in [5.41, 5.74) is 7.48. The number of aliphatic carboxylic acids is 1. The Bertz CT molecular complexity index is 1040. The fourth-order valence-corrected chi connectivity index (χ4v) is 2.53. The first kappa shape index (κ1) is 23.1. The number of hydrogen-bond donors (Lipinski definition) is 7. The molecule has 0 saturated heterocycles. The first-order chi connectivity index (χ1) is 14.6. The van der Waals surface area contributed by atoms with Crippen LogP contribution in [0.4, 0.5) is 0 Å². The van der Waals surface area contributed by atoms with Gasteiger partial charge in [-0.2, -0.15) is 0 Å². The van der Waals surface area contributed by atoms with E-state index in [2.05, 4.69) is 0 Å². The molecule has 162 valence electrons. The molecule has 0 heterocycles. The van der Waals surface area contributed by atoms with Crippen LogP contribution in [0.15, 0.2) is 60.7 Å². The predicted molar refractivity (Wildman–Crippen MR) is 116 cm³/mol. The SMILES string of the molecule is N[C@@H](Cc1ccc(O)c(O)c1)C(=O)O.Oc1ccc(/C=C/c2cc(O)cc(O)c2)cc1. The first-order valence-electron chi connectivity index (χ1n) is 9.13. The van der Waals surface area contributed by atoms with E-state index in [1.165, 1.54) is 24.3 Å². The van der Waals surface area contributed by atoms with Gasteiger partial charge in [0.2, 0.25) is 0 Å². The molecule has 8 N–H and O–H groups in total. The van der Waals surface area contributed by atoms with Crippen LogP contribution < -0.4 is 5.73 Å². The van der Waals surface area contributed by atoms with Crippen molar-refractivity contribution in [3.63, 3.8) is 0 Å². The summed E-state index contributed by atoms with van der Waals surface area (Å²) in [6, 6.07) is 14.2. The van der Waals surface area contributed by atoms with Gasteiger partial charge in [-0.05, 0) is 59.5 Å². The number of aromatic hydroxyl groups is 5.